The smallest absolute Gasteiger partial charge is 0.262 e. The van der Waals surface area contributed by atoms with Gasteiger partial charge in [0, 0.05) is 8.95 Å². The zero-order valence-corrected chi connectivity index (χ0v) is 13.6. The molecule has 0 spiro atoms. The molecule has 20 heavy (non-hydrogen) atoms. The van der Waals surface area contributed by atoms with Crippen LogP contribution >= 0.6 is 31.9 Å². The Bertz CT molecular complexity index is 632. The van der Waals surface area contributed by atoms with Crippen molar-refractivity contribution in [3.05, 3.63) is 51.4 Å². The second-order valence-corrected chi connectivity index (χ2v) is 5.77. The van der Waals surface area contributed by atoms with Gasteiger partial charge in [0.05, 0.1) is 11.4 Å². The van der Waals surface area contributed by atoms with E-state index in [1.807, 2.05) is 12.1 Å². The van der Waals surface area contributed by atoms with Gasteiger partial charge in [0.15, 0.2) is 6.61 Å². The maximum absolute atomic E-state index is 11.8. The van der Waals surface area contributed by atoms with Crippen LogP contribution in [0, 0.1) is 0 Å². The quantitative estimate of drug-likeness (QED) is 0.768. The van der Waals surface area contributed by atoms with Crippen LogP contribution in [-0.4, -0.2) is 12.5 Å². The highest BCUT2D eigenvalue weighted by molar-refractivity contribution is 9.11. The molecular formula is C14H12Br2N2O2. The van der Waals surface area contributed by atoms with Crippen molar-refractivity contribution in [1.82, 2.24) is 0 Å². The van der Waals surface area contributed by atoms with Gasteiger partial charge in [-0.3, -0.25) is 4.79 Å². The Morgan fingerprint density at radius 1 is 1.20 bits per heavy atom. The fourth-order valence-corrected chi connectivity index (χ4v) is 2.24. The van der Waals surface area contributed by atoms with Crippen LogP contribution in [0.4, 0.5) is 11.4 Å². The summed E-state index contributed by atoms with van der Waals surface area (Å²) in [7, 11) is 0. The Balaban J connectivity index is 1.96. The first-order chi connectivity index (χ1) is 9.56. The predicted molar refractivity (Wildman–Crippen MR) is 86.8 cm³/mol. The van der Waals surface area contributed by atoms with Gasteiger partial charge < -0.3 is 15.8 Å². The summed E-state index contributed by atoms with van der Waals surface area (Å²) in [5, 5.41) is 2.76. The van der Waals surface area contributed by atoms with E-state index < -0.39 is 0 Å². The molecule has 0 saturated heterocycles. The largest absolute Gasteiger partial charge is 0.482 e. The molecule has 104 valence electrons. The maximum Gasteiger partial charge on any atom is 0.262 e. The highest BCUT2D eigenvalue weighted by Gasteiger charge is 2.08. The second kappa shape index (κ2) is 6.76. The minimum Gasteiger partial charge on any atom is -0.482 e. The van der Waals surface area contributed by atoms with Crippen LogP contribution in [0.15, 0.2) is 51.4 Å². The fraction of sp³-hybridized carbons (Fsp3) is 0.0714. The van der Waals surface area contributed by atoms with Gasteiger partial charge in [0.25, 0.3) is 5.91 Å². The standard InChI is InChI=1S/C14H12Br2N2O2/c15-9-5-6-10(16)12(7-9)18-14(19)8-20-13-4-2-1-3-11(13)17/h1-7H,8,17H2,(H,18,19). The first-order valence-corrected chi connectivity index (χ1v) is 7.37. The number of carbonyl (C=O) groups excluding carboxylic acids is 1. The number of anilines is 2. The summed E-state index contributed by atoms with van der Waals surface area (Å²) in [6.07, 6.45) is 0. The molecule has 0 aliphatic carbocycles. The minimum atomic E-state index is -0.257. The topological polar surface area (TPSA) is 64.3 Å². The van der Waals surface area contributed by atoms with E-state index in [0.717, 1.165) is 8.95 Å². The Hall–Kier alpha value is -1.53. The molecule has 0 atom stereocenters. The molecular weight excluding hydrogens is 388 g/mol. The van der Waals surface area contributed by atoms with Crippen molar-refractivity contribution in [2.75, 3.05) is 17.7 Å². The number of rotatable bonds is 4. The van der Waals surface area contributed by atoms with Crippen LogP contribution < -0.4 is 15.8 Å². The average molecular weight is 400 g/mol. The molecule has 0 saturated carbocycles. The molecule has 2 rings (SSSR count). The third-order valence-electron chi connectivity index (χ3n) is 2.48. The van der Waals surface area contributed by atoms with Crippen molar-refractivity contribution in [3.8, 4) is 5.75 Å². The number of ether oxygens (including phenoxy) is 1. The van der Waals surface area contributed by atoms with Crippen molar-refractivity contribution >= 4 is 49.1 Å². The highest BCUT2D eigenvalue weighted by atomic mass is 79.9. The Kier molecular flexibility index (Phi) is 5.03. The molecule has 0 aliphatic rings. The number of hydrogen-bond acceptors (Lipinski definition) is 3. The van der Waals surface area contributed by atoms with E-state index in [2.05, 4.69) is 37.2 Å². The lowest BCUT2D eigenvalue weighted by Crippen LogP contribution is -2.20. The lowest BCUT2D eigenvalue weighted by molar-refractivity contribution is -0.118. The van der Waals surface area contributed by atoms with E-state index >= 15 is 0 Å². The van der Waals surface area contributed by atoms with Gasteiger partial charge in [-0.25, -0.2) is 0 Å². The number of hydrogen-bond donors (Lipinski definition) is 2. The monoisotopic (exact) mass is 398 g/mol. The molecule has 0 heterocycles. The summed E-state index contributed by atoms with van der Waals surface area (Å²) in [5.74, 6) is 0.239. The third-order valence-corrected chi connectivity index (χ3v) is 3.67. The zero-order chi connectivity index (χ0) is 14.5. The number of nitrogens with one attached hydrogen (secondary N) is 1. The molecule has 4 nitrogen and oxygen atoms in total. The molecule has 3 N–H and O–H groups in total. The van der Waals surface area contributed by atoms with E-state index in [0.29, 0.717) is 17.1 Å². The number of halogens is 2. The van der Waals surface area contributed by atoms with Crippen molar-refractivity contribution in [1.29, 1.82) is 0 Å². The van der Waals surface area contributed by atoms with Crippen LogP contribution in [0.25, 0.3) is 0 Å². The summed E-state index contributed by atoms with van der Waals surface area (Å²) in [5.41, 5.74) is 6.91. The summed E-state index contributed by atoms with van der Waals surface area (Å²) < 4.78 is 7.06. The van der Waals surface area contributed by atoms with Crippen LogP contribution in [0.2, 0.25) is 0 Å². The van der Waals surface area contributed by atoms with Gasteiger partial charge in [-0.15, -0.1) is 0 Å². The molecule has 0 fully saturated rings. The molecule has 0 unspecified atom stereocenters. The van der Waals surface area contributed by atoms with E-state index in [4.69, 9.17) is 10.5 Å². The molecule has 2 aromatic carbocycles. The summed E-state index contributed by atoms with van der Waals surface area (Å²) in [6, 6.07) is 12.6. The molecule has 0 aliphatic heterocycles. The first-order valence-electron chi connectivity index (χ1n) is 5.78. The lowest BCUT2D eigenvalue weighted by Gasteiger charge is -2.10. The van der Waals surface area contributed by atoms with Crippen LogP contribution in [0.5, 0.6) is 5.75 Å². The number of benzene rings is 2. The summed E-state index contributed by atoms with van der Waals surface area (Å²) in [4.78, 5) is 11.8. The van der Waals surface area contributed by atoms with E-state index in [1.54, 1.807) is 30.3 Å². The average Bonchev–Trinajstić information content (AvgIpc) is 2.42. The molecule has 6 heteroatoms. The Morgan fingerprint density at radius 3 is 2.70 bits per heavy atom. The predicted octanol–water partition coefficient (Wildman–Crippen LogP) is 3.81. The number of nitrogens with two attached hydrogens (primary N) is 1. The van der Waals surface area contributed by atoms with Gasteiger partial charge in [-0.2, -0.15) is 0 Å². The van der Waals surface area contributed by atoms with Crippen molar-refractivity contribution < 1.29 is 9.53 Å². The summed E-state index contributed by atoms with van der Waals surface area (Å²) >= 11 is 6.72. The van der Waals surface area contributed by atoms with Gasteiger partial charge >= 0.3 is 0 Å². The third kappa shape index (κ3) is 3.98. The minimum absolute atomic E-state index is 0.104. The van der Waals surface area contributed by atoms with Crippen molar-refractivity contribution in [2.24, 2.45) is 0 Å². The van der Waals surface area contributed by atoms with Crippen LogP contribution in [-0.2, 0) is 4.79 Å². The van der Waals surface area contributed by atoms with Crippen molar-refractivity contribution in [2.45, 2.75) is 0 Å². The fourth-order valence-electron chi connectivity index (χ4n) is 1.53. The zero-order valence-electron chi connectivity index (χ0n) is 10.4. The van der Waals surface area contributed by atoms with Crippen molar-refractivity contribution in [3.63, 3.8) is 0 Å². The van der Waals surface area contributed by atoms with Gasteiger partial charge in [0.2, 0.25) is 0 Å². The van der Waals surface area contributed by atoms with Crippen LogP contribution in [0.3, 0.4) is 0 Å². The SMILES string of the molecule is Nc1ccccc1OCC(=O)Nc1cc(Br)ccc1Br. The second-order valence-electron chi connectivity index (χ2n) is 4.00. The maximum atomic E-state index is 11.8. The molecule has 1 amide bonds. The van der Waals surface area contributed by atoms with E-state index in [1.165, 1.54) is 0 Å². The number of nitrogen functional groups attached to an aromatic ring is 1. The van der Waals surface area contributed by atoms with Gasteiger partial charge in [0.1, 0.15) is 5.75 Å². The normalized spacial score (nSPS) is 10.1. The first kappa shape index (κ1) is 14.9. The number of amides is 1. The Morgan fingerprint density at radius 2 is 1.95 bits per heavy atom. The highest BCUT2D eigenvalue weighted by Crippen LogP contribution is 2.26. The lowest BCUT2D eigenvalue weighted by atomic mass is 10.3. The van der Waals surface area contributed by atoms with E-state index in [-0.39, 0.29) is 12.5 Å². The van der Waals surface area contributed by atoms with Gasteiger partial charge in [-0.05, 0) is 46.3 Å². The molecule has 0 radical (unpaired) electrons. The van der Waals surface area contributed by atoms with E-state index in [9.17, 15) is 4.79 Å². The molecule has 2 aromatic rings. The molecule has 0 aromatic heterocycles. The number of para-hydroxylation sites is 2. The summed E-state index contributed by atoms with van der Waals surface area (Å²) in [6.45, 7) is -0.104. The Labute approximate surface area is 133 Å². The molecule has 0 bridgehead atoms. The van der Waals surface area contributed by atoms with Gasteiger partial charge in [-0.1, -0.05) is 28.1 Å². The number of carbonyl (C=O) groups is 1. The van der Waals surface area contributed by atoms with Crippen LogP contribution in [0.1, 0.15) is 0 Å².